The van der Waals surface area contributed by atoms with Gasteiger partial charge in [-0.2, -0.15) is 0 Å². The molecule has 0 atom stereocenters. The first-order valence-electron chi connectivity index (χ1n) is 10.7. The molecule has 0 aliphatic heterocycles. The van der Waals surface area contributed by atoms with Gasteiger partial charge in [0.2, 0.25) is 0 Å². The number of aromatic nitrogens is 2. The average Bonchev–Trinajstić information content (AvgIpc) is 3.44. The van der Waals surface area contributed by atoms with Gasteiger partial charge in [-0.05, 0) is 45.7 Å². The molecule has 0 aliphatic rings. The highest BCUT2D eigenvalue weighted by molar-refractivity contribution is 5.89. The predicted octanol–water partition coefficient (Wildman–Crippen LogP) is 7.65. The van der Waals surface area contributed by atoms with Gasteiger partial charge in [0.1, 0.15) is 0 Å². The van der Waals surface area contributed by atoms with E-state index in [9.17, 15) is 0 Å². The molecule has 4 aromatic carbocycles. The fraction of sp³-hybridized carbons (Fsp3) is 0.0345. The van der Waals surface area contributed by atoms with Crippen LogP contribution in [-0.4, -0.2) is 9.97 Å². The zero-order valence-electron chi connectivity index (χ0n) is 17.0. The molecule has 2 heterocycles. The molecule has 0 amide bonds. The normalized spacial score (nSPS) is 12.0. The van der Waals surface area contributed by atoms with E-state index >= 15 is 0 Å². The van der Waals surface area contributed by atoms with Gasteiger partial charge in [0.05, 0.1) is 0 Å². The lowest BCUT2D eigenvalue weighted by Crippen LogP contribution is -1.96. The summed E-state index contributed by atoms with van der Waals surface area (Å²) >= 11 is 0. The summed E-state index contributed by atoms with van der Waals surface area (Å²) in [5, 5.41) is 5.06. The van der Waals surface area contributed by atoms with Gasteiger partial charge < -0.3 is 9.97 Å². The van der Waals surface area contributed by atoms with Crippen LogP contribution in [0.2, 0.25) is 0 Å². The van der Waals surface area contributed by atoms with Crippen LogP contribution in [0.25, 0.3) is 38.7 Å². The number of fused-ring (bicyclic) bond motifs is 3. The molecule has 0 saturated carbocycles. The summed E-state index contributed by atoms with van der Waals surface area (Å²) in [6.07, 6.45) is 8.89. The number of H-pyrrole nitrogens is 2. The maximum absolute atomic E-state index is 3.46. The number of aromatic amines is 2. The largest absolute Gasteiger partial charge is 0.361 e. The van der Waals surface area contributed by atoms with E-state index in [4.69, 9.17) is 0 Å². The number of para-hydroxylation sites is 2. The fourth-order valence-electron chi connectivity index (χ4n) is 4.60. The predicted molar refractivity (Wildman–Crippen MR) is 131 cm³/mol. The van der Waals surface area contributed by atoms with E-state index < -0.39 is 0 Å². The number of rotatable bonds is 4. The molecule has 148 valence electrons. The lowest BCUT2D eigenvalue weighted by atomic mass is 9.89. The Balaban J connectivity index is 1.50. The SMILES string of the molecule is C(=C\C(c1c[nH]c2ccccc12)c1c[nH]c2ccccc12)/c1ccc2ccccc2c1. The Kier molecular flexibility index (Phi) is 4.21. The maximum Gasteiger partial charge on any atom is 0.0457 e. The second-order valence-electron chi connectivity index (χ2n) is 8.02. The van der Waals surface area contributed by atoms with Gasteiger partial charge in [-0.1, -0.05) is 84.9 Å². The second kappa shape index (κ2) is 7.33. The van der Waals surface area contributed by atoms with Crippen molar-refractivity contribution in [3.63, 3.8) is 0 Å². The Morgan fingerprint density at radius 2 is 1.16 bits per heavy atom. The lowest BCUT2D eigenvalue weighted by molar-refractivity contribution is 1.06. The Morgan fingerprint density at radius 3 is 1.84 bits per heavy atom. The molecule has 31 heavy (non-hydrogen) atoms. The van der Waals surface area contributed by atoms with Crippen LogP contribution in [-0.2, 0) is 0 Å². The molecule has 0 unspecified atom stereocenters. The number of nitrogens with one attached hydrogen (secondary N) is 2. The van der Waals surface area contributed by atoms with E-state index in [1.807, 2.05) is 0 Å². The minimum Gasteiger partial charge on any atom is -0.361 e. The Labute approximate surface area is 180 Å². The summed E-state index contributed by atoms with van der Waals surface area (Å²) in [7, 11) is 0. The van der Waals surface area contributed by atoms with Crippen LogP contribution in [0.4, 0.5) is 0 Å². The molecule has 6 aromatic rings. The van der Waals surface area contributed by atoms with E-state index in [1.165, 1.54) is 49.3 Å². The molecule has 0 spiro atoms. The molecule has 0 saturated heterocycles. The van der Waals surface area contributed by atoms with Gasteiger partial charge in [0.15, 0.2) is 0 Å². The molecule has 6 rings (SSSR count). The molecule has 2 aromatic heterocycles. The first-order chi connectivity index (χ1) is 15.4. The third-order valence-corrected chi connectivity index (χ3v) is 6.17. The highest BCUT2D eigenvalue weighted by atomic mass is 14.7. The third kappa shape index (κ3) is 3.13. The molecule has 0 radical (unpaired) electrons. The third-order valence-electron chi connectivity index (χ3n) is 6.17. The van der Waals surface area contributed by atoms with E-state index in [1.54, 1.807) is 0 Å². The minimum atomic E-state index is 0.138. The van der Waals surface area contributed by atoms with Gasteiger partial charge in [0.25, 0.3) is 0 Å². The lowest BCUT2D eigenvalue weighted by Gasteiger charge is -2.12. The van der Waals surface area contributed by atoms with Crippen LogP contribution in [0.1, 0.15) is 22.6 Å². The zero-order valence-corrected chi connectivity index (χ0v) is 17.0. The van der Waals surface area contributed by atoms with Crippen LogP contribution in [0.15, 0.2) is 109 Å². The van der Waals surface area contributed by atoms with Gasteiger partial charge in [0, 0.05) is 40.1 Å². The van der Waals surface area contributed by atoms with Crippen molar-refractivity contribution < 1.29 is 0 Å². The molecule has 0 aliphatic carbocycles. The van der Waals surface area contributed by atoms with E-state index in [0.29, 0.717) is 0 Å². The molecule has 2 heteroatoms. The van der Waals surface area contributed by atoms with Crippen LogP contribution >= 0.6 is 0 Å². The van der Waals surface area contributed by atoms with E-state index in [-0.39, 0.29) is 5.92 Å². The Bertz CT molecular complexity index is 1470. The first-order valence-corrected chi connectivity index (χ1v) is 10.7. The van der Waals surface area contributed by atoms with Crippen molar-refractivity contribution in [1.82, 2.24) is 9.97 Å². The van der Waals surface area contributed by atoms with Crippen molar-refractivity contribution in [2.75, 3.05) is 0 Å². The van der Waals surface area contributed by atoms with E-state index in [2.05, 4.69) is 126 Å². The van der Waals surface area contributed by atoms with Crippen molar-refractivity contribution in [1.29, 1.82) is 0 Å². The van der Waals surface area contributed by atoms with Gasteiger partial charge in [-0.3, -0.25) is 0 Å². The van der Waals surface area contributed by atoms with Crippen LogP contribution in [0.3, 0.4) is 0 Å². The van der Waals surface area contributed by atoms with Crippen molar-refractivity contribution in [3.8, 4) is 0 Å². The molecule has 2 nitrogen and oxygen atoms in total. The molecule has 2 N–H and O–H groups in total. The van der Waals surface area contributed by atoms with Crippen molar-refractivity contribution in [3.05, 3.63) is 126 Å². The Hall–Kier alpha value is -4.04. The average molecular weight is 399 g/mol. The highest BCUT2D eigenvalue weighted by Gasteiger charge is 2.18. The fourth-order valence-corrected chi connectivity index (χ4v) is 4.60. The minimum absolute atomic E-state index is 0.138. The molecular weight excluding hydrogens is 376 g/mol. The maximum atomic E-state index is 3.46. The van der Waals surface area contributed by atoms with Crippen molar-refractivity contribution >= 4 is 38.7 Å². The zero-order chi connectivity index (χ0) is 20.6. The number of benzene rings is 4. The summed E-state index contributed by atoms with van der Waals surface area (Å²) in [6, 6.07) is 32.2. The molecule has 0 bridgehead atoms. The number of hydrogen-bond acceptors (Lipinski definition) is 0. The van der Waals surface area contributed by atoms with Crippen LogP contribution in [0.5, 0.6) is 0 Å². The van der Waals surface area contributed by atoms with Gasteiger partial charge >= 0.3 is 0 Å². The van der Waals surface area contributed by atoms with Gasteiger partial charge in [-0.25, -0.2) is 0 Å². The first kappa shape index (κ1) is 17.8. The summed E-state index contributed by atoms with van der Waals surface area (Å²) < 4.78 is 0. The van der Waals surface area contributed by atoms with Crippen LogP contribution < -0.4 is 0 Å². The summed E-state index contributed by atoms with van der Waals surface area (Å²) in [5.41, 5.74) is 6.13. The second-order valence-corrected chi connectivity index (χ2v) is 8.02. The van der Waals surface area contributed by atoms with E-state index in [0.717, 1.165) is 0 Å². The smallest absolute Gasteiger partial charge is 0.0457 e. The quantitative estimate of drug-likeness (QED) is 0.306. The standard InChI is InChI=1S/C29H22N2/c1-2-8-22-17-20(13-15-21(22)7-1)14-16-23(26-18-30-28-11-5-3-9-24(26)28)27-19-31-29-12-6-4-10-25(27)29/h1-19,23,30-31H/b16-14+. The summed E-state index contributed by atoms with van der Waals surface area (Å²) in [6.45, 7) is 0. The summed E-state index contributed by atoms with van der Waals surface area (Å²) in [5.74, 6) is 0.138. The number of hydrogen-bond donors (Lipinski definition) is 2. The number of allylic oxidation sites excluding steroid dienone is 1. The summed E-state index contributed by atoms with van der Waals surface area (Å²) in [4.78, 5) is 6.91. The van der Waals surface area contributed by atoms with Crippen molar-refractivity contribution in [2.24, 2.45) is 0 Å². The van der Waals surface area contributed by atoms with Gasteiger partial charge in [-0.15, -0.1) is 0 Å². The monoisotopic (exact) mass is 398 g/mol. The topological polar surface area (TPSA) is 31.6 Å². The molecule has 0 fully saturated rings. The highest BCUT2D eigenvalue weighted by Crippen LogP contribution is 2.36. The van der Waals surface area contributed by atoms with Crippen LogP contribution in [0, 0.1) is 0 Å². The van der Waals surface area contributed by atoms with Crippen molar-refractivity contribution in [2.45, 2.75) is 5.92 Å². The Morgan fingerprint density at radius 1 is 0.581 bits per heavy atom. The molecular formula is C29H22N2.